The molecule has 4 aromatic rings. The Labute approximate surface area is 277 Å². The molecule has 3 aliphatic heterocycles. The Balaban J connectivity index is 0.000000727. The average Bonchev–Trinajstić information content (AvgIpc) is 3.69. The highest BCUT2D eigenvalue weighted by atomic mass is 79.9. The number of carbonyl (C=O) groups excluding carboxylic acids is 1. The third kappa shape index (κ3) is 6.81. The van der Waals surface area contributed by atoms with Gasteiger partial charge in [-0.05, 0) is 95.7 Å². The third-order valence-corrected chi connectivity index (χ3v) is 8.88. The first kappa shape index (κ1) is 34.6. The summed E-state index contributed by atoms with van der Waals surface area (Å²) in [6.45, 7) is 19.8. The molecule has 7 nitrogen and oxygen atoms in total. The summed E-state index contributed by atoms with van der Waals surface area (Å²) in [5, 5.41) is 1.18. The Bertz CT molecular complexity index is 1590. The van der Waals surface area contributed by atoms with E-state index in [-0.39, 0.29) is 24.4 Å². The Morgan fingerprint density at radius 3 is 2.33 bits per heavy atom. The molecule has 2 aromatic carbocycles. The number of amides is 1. The molecule has 3 fully saturated rings. The molecule has 244 valence electrons. The lowest BCUT2D eigenvalue weighted by Gasteiger charge is -2.50. The molecule has 2 saturated heterocycles. The first-order valence-electron chi connectivity index (χ1n) is 16.8. The van der Waals surface area contributed by atoms with E-state index in [9.17, 15) is 4.79 Å². The SMILES string of the molecule is CC.CC.CC.CC1Oc2cc(-c3cnc(C4C5CCC(CC5)N4C(=O)OC(C)(C)C)[nH]3)ccc2-c2cc3cc(Br)ccc3n21. The fourth-order valence-electron chi connectivity index (χ4n) is 6.76. The van der Waals surface area contributed by atoms with Crippen molar-refractivity contribution in [1.82, 2.24) is 19.4 Å². The van der Waals surface area contributed by atoms with Crippen molar-refractivity contribution in [3.8, 4) is 28.3 Å². The molecule has 0 spiro atoms. The molecule has 2 unspecified atom stereocenters. The quantitative estimate of drug-likeness (QED) is 0.229. The molecule has 8 rings (SSSR count). The van der Waals surface area contributed by atoms with Crippen LogP contribution in [0.2, 0.25) is 0 Å². The van der Waals surface area contributed by atoms with Crippen LogP contribution in [0.3, 0.4) is 0 Å². The Morgan fingerprint density at radius 1 is 0.978 bits per heavy atom. The molecule has 1 N–H and O–H groups in total. The van der Waals surface area contributed by atoms with Crippen molar-refractivity contribution in [2.24, 2.45) is 5.92 Å². The number of nitrogens with one attached hydrogen (secondary N) is 1. The molecule has 4 aliphatic rings. The van der Waals surface area contributed by atoms with E-state index < -0.39 is 5.60 Å². The number of aromatic nitrogens is 3. The smallest absolute Gasteiger partial charge is 0.411 e. The lowest BCUT2D eigenvalue weighted by Crippen LogP contribution is -2.54. The van der Waals surface area contributed by atoms with Crippen LogP contribution < -0.4 is 4.74 Å². The summed E-state index contributed by atoms with van der Waals surface area (Å²) in [5.41, 5.74) is 4.78. The topological polar surface area (TPSA) is 72.4 Å². The molecule has 2 aromatic heterocycles. The number of carbonyl (C=O) groups is 1. The number of imidazole rings is 1. The van der Waals surface area contributed by atoms with Gasteiger partial charge < -0.3 is 19.0 Å². The van der Waals surface area contributed by atoms with Gasteiger partial charge in [0.25, 0.3) is 0 Å². The van der Waals surface area contributed by atoms with Crippen molar-refractivity contribution in [3.05, 3.63) is 59.0 Å². The summed E-state index contributed by atoms with van der Waals surface area (Å²) in [5.74, 6) is 2.08. The van der Waals surface area contributed by atoms with E-state index in [4.69, 9.17) is 14.5 Å². The summed E-state index contributed by atoms with van der Waals surface area (Å²) in [7, 11) is 0. The highest BCUT2D eigenvalue weighted by Gasteiger charge is 2.47. The van der Waals surface area contributed by atoms with Gasteiger partial charge in [0.15, 0.2) is 6.23 Å². The zero-order chi connectivity index (χ0) is 33.1. The van der Waals surface area contributed by atoms with Gasteiger partial charge in [-0.1, -0.05) is 63.5 Å². The summed E-state index contributed by atoms with van der Waals surface area (Å²) in [6, 6.07) is 15.0. The van der Waals surface area contributed by atoms with E-state index in [1.165, 1.54) is 5.39 Å². The number of fused-ring (bicyclic) bond motifs is 8. The molecular formula is C37H51BrN4O3. The maximum Gasteiger partial charge on any atom is 0.411 e. The minimum atomic E-state index is -0.533. The zero-order valence-corrected chi connectivity index (χ0v) is 30.3. The van der Waals surface area contributed by atoms with Crippen molar-refractivity contribution in [2.75, 3.05) is 0 Å². The first-order chi connectivity index (χ1) is 21.7. The van der Waals surface area contributed by atoms with Crippen molar-refractivity contribution >= 4 is 32.9 Å². The van der Waals surface area contributed by atoms with Crippen molar-refractivity contribution in [1.29, 1.82) is 0 Å². The number of aromatic amines is 1. The van der Waals surface area contributed by atoms with Crippen LogP contribution >= 0.6 is 15.9 Å². The second-order valence-electron chi connectivity index (χ2n) is 12.1. The lowest BCUT2D eigenvalue weighted by atomic mass is 9.74. The van der Waals surface area contributed by atoms with Crippen LogP contribution in [-0.2, 0) is 4.74 Å². The molecule has 5 heterocycles. The molecule has 1 aliphatic carbocycles. The fraction of sp³-hybridized carbons (Fsp3) is 0.514. The third-order valence-electron chi connectivity index (χ3n) is 8.39. The Kier molecular flexibility index (Phi) is 11.1. The van der Waals surface area contributed by atoms with Crippen molar-refractivity contribution in [2.45, 2.75) is 119 Å². The van der Waals surface area contributed by atoms with Gasteiger partial charge in [0, 0.05) is 27.0 Å². The minimum absolute atomic E-state index is 0.0926. The fourth-order valence-corrected chi connectivity index (χ4v) is 7.14. The van der Waals surface area contributed by atoms with Crippen LogP contribution in [0.5, 0.6) is 5.75 Å². The van der Waals surface area contributed by atoms with E-state index in [2.05, 4.69) is 74.9 Å². The molecule has 1 saturated carbocycles. The molecule has 8 heteroatoms. The number of hydrogen-bond donors (Lipinski definition) is 1. The van der Waals surface area contributed by atoms with Gasteiger partial charge in [0.2, 0.25) is 0 Å². The second kappa shape index (κ2) is 14.4. The number of piperidine rings is 2. The van der Waals surface area contributed by atoms with E-state index >= 15 is 0 Å². The van der Waals surface area contributed by atoms with Crippen LogP contribution in [-0.4, -0.2) is 37.2 Å². The predicted octanol–water partition coefficient (Wildman–Crippen LogP) is 11.3. The van der Waals surface area contributed by atoms with Gasteiger partial charge in [-0.25, -0.2) is 9.78 Å². The normalized spacial score (nSPS) is 21.1. The number of H-pyrrole nitrogens is 1. The summed E-state index contributed by atoms with van der Waals surface area (Å²) >= 11 is 3.59. The van der Waals surface area contributed by atoms with Crippen molar-refractivity contribution in [3.63, 3.8) is 0 Å². The number of halogens is 1. The van der Waals surface area contributed by atoms with Gasteiger partial charge in [-0.2, -0.15) is 0 Å². The average molecular weight is 680 g/mol. The minimum Gasteiger partial charge on any atom is -0.470 e. The van der Waals surface area contributed by atoms with Gasteiger partial charge >= 0.3 is 6.09 Å². The maximum absolute atomic E-state index is 13.3. The van der Waals surface area contributed by atoms with Crippen LogP contribution in [0, 0.1) is 5.92 Å². The summed E-state index contributed by atoms with van der Waals surface area (Å²) in [6.07, 6.45) is 5.80. The van der Waals surface area contributed by atoms with Gasteiger partial charge in [0.05, 0.1) is 29.1 Å². The Hall–Kier alpha value is -3.26. The Morgan fingerprint density at radius 2 is 1.67 bits per heavy atom. The lowest BCUT2D eigenvalue weighted by molar-refractivity contribution is -0.0439. The zero-order valence-electron chi connectivity index (χ0n) is 28.7. The molecule has 0 radical (unpaired) electrons. The monoisotopic (exact) mass is 678 g/mol. The number of benzene rings is 2. The van der Waals surface area contributed by atoms with Crippen LogP contribution in [0.4, 0.5) is 4.79 Å². The summed E-state index contributed by atoms with van der Waals surface area (Å²) in [4.78, 5) is 23.6. The van der Waals surface area contributed by atoms with Crippen molar-refractivity contribution < 1.29 is 14.3 Å². The summed E-state index contributed by atoms with van der Waals surface area (Å²) < 4.78 is 15.6. The van der Waals surface area contributed by atoms with Crippen LogP contribution in [0.15, 0.2) is 53.1 Å². The molecule has 1 amide bonds. The van der Waals surface area contributed by atoms with Gasteiger partial charge in [-0.15, -0.1) is 0 Å². The first-order valence-corrected chi connectivity index (χ1v) is 17.6. The van der Waals surface area contributed by atoms with E-state index in [1.807, 2.05) is 73.4 Å². The van der Waals surface area contributed by atoms with Crippen LogP contribution in [0.1, 0.15) is 113 Å². The molecule has 2 atom stereocenters. The standard InChI is InChI=1S/C31H33BrN4O3.3C2H6/c1-17-35-25-12-8-21(32)13-20(25)14-26(35)23-11-7-19(15-27(23)38-17)24-16-33-29(34-24)28-18-5-9-22(10-6-18)36(28)30(37)39-31(2,3)4;3*1-2/h7-8,11-18,22,28H,5-6,9-10H2,1-4H3,(H,33,34);3*1-2H3. The highest BCUT2D eigenvalue weighted by molar-refractivity contribution is 9.10. The van der Waals surface area contributed by atoms with Gasteiger partial charge in [-0.3, -0.25) is 4.90 Å². The molecular weight excluding hydrogens is 628 g/mol. The second-order valence-corrected chi connectivity index (χ2v) is 13.0. The highest BCUT2D eigenvalue weighted by Crippen LogP contribution is 2.48. The molecule has 2 bridgehead atoms. The number of hydrogen-bond acceptors (Lipinski definition) is 4. The molecule has 45 heavy (non-hydrogen) atoms. The van der Waals surface area contributed by atoms with Crippen LogP contribution in [0.25, 0.3) is 33.4 Å². The number of nitrogens with zero attached hydrogens (tertiary/aromatic N) is 3. The largest absolute Gasteiger partial charge is 0.470 e. The number of ether oxygens (including phenoxy) is 2. The van der Waals surface area contributed by atoms with E-state index in [0.717, 1.165) is 69.8 Å². The van der Waals surface area contributed by atoms with Gasteiger partial charge in [0.1, 0.15) is 17.2 Å². The predicted molar refractivity (Wildman–Crippen MR) is 189 cm³/mol. The van der Waals surface area contributed by atoms with E-state index in [1.54, 1.807) is 0 Å². The van der Waals surface area contributed by atoms with E-state index in [0.29, 0.717) is 5.92 Å². The maximum atomic E-state index is 13.3. The number of rotatable bonds is 2.